The number of hydrogen-bond acceptors (Lipinski definition) is 5. The fourth-order valence-electron chi connectivity index (χ4n) is 2.60. The van der Waals surface area contributed by atoms with Crippen LogP contribution in [0, 0.1) is 0 Å². The molecule has 5 heteroatoms. The van der Waals surface area contributed by atoms with Gasteiger partial charge in [0.05, 0.1) is 5.69 Å². The van der Waals surface area contributed by atoms with Crippen molar-refractivity contribution in [3.05, 3.63) is 28.8 Å². The molecule has 2 aliphatic rings. The first-order valence-corrected chi connectivity index (χ1v) is 7.28. The molecule has 98 valence electrons. The highest BCUT2D eigenvalue weighted by atomic mass is 32.1. The number of benzene rings is 1. The van der Waals surface area contributed by atoms with Crippen molar-refractivity contribution in [2.45, 2.75) is 25.3 Å². The molecule has 0 bridgehead atoms. The van der Waals surface area contributed by atoms with E-state index in [0.717, 1.165) is 47.0 Å². The van der Waals surface area contributed by atoms with E-state index in [9.17, 15) is 0 Å². The van der Waals surface area contributed by atoms with E-state index in [4.69, 9.17) is 20.2 Å². The molecule has 0 saturated carbocycles. The topological polar surface area (TPSA) is 57.4 Å². The lowest BCUT2D eigenvalue weighted by atomic mass is 9.99. The van der Waals surface area contributed by atoms with Gasteiger partial charge in [-0.3, -0.25) is 0 Å². The number of hydrogen-bond donors (Lipinski definition) is 1. The van der Waals surface area contributed by atoms with Crippen molar-refractivity contribution in [1.82, 2.24) is 4.98 Å². The Kier molecular flexibility index (Phi) is 2.50. The van der Waals surface area contributed by atoms with Gasteiger partial charge in [0.25, 0.3) is 0 Å². The monoisotopic (exact) mass is 274 g/mol. The van der Waals surface area contributed by atoms with Crippen molar-refractivity contribution < 1.29 is 9.47 Å². The maximum absolute atomic E-state index is 6.13. The molecule has 0 saturated heterocycles. The minimum absolute atomic E-state index is 0.0998. The number of nitrogens with zero attached hydrogens (tertiary/aromatic N) is 1. The van der Waals surface area contributed by atoms with Crippen LogP contribution in [-0.4, -0.2) is 11.8 Å². The first-order chi connectivity index (χ1) is 9.31. The first-order valence-electron chi connectivity index (χ1n) is 6.46. The van der Waals surface area contributed by atoms with Crippen molar-refractivity contribution in [2.24, 2.45) is 5.73 Å². The van der Waals surface area contributed by atoms with Gasteiger partial charge in [-0.25, -0.2) is 4.98 Å². The van der Waals surface area contributed by atoms with Crippen molar-refractivity contribution >= 4 is 11.3 Å². The fourth-order valence-corrected chi connectivity index (χ4v) is 3.77. The van der Waals surface area contributed by atoms with Gasteiger partial charge in [0.15, 0.2) is 11.5 Å². The van der Waals surface area contributed by atoms with Gasteiger partial charge in [-0.15, -0.1) is 11.3 Å². The second-order valence-corrected chi connectivity index (χ2v) is 5.98. The number of thiazole rings is 1. The van der Waals surface area contributed by atoms with E-state index in [1.54, 1.807) is 11.3 Å². The molecule has 19 heavy (non-hydrogen) atoms. The van der Waals surface area contributed by atoms with Crippen molar-refractivity contribution in [3.63, 3.8) is 0 Å². The normalized spacial score (nSPS) is 20.4. The lowest BCUT2D eigenvalue weighted by Crippen LogP contribution is -2.16. The molecule has 0 fully saturated rings. The molecular weight excluding hydrogens is 260 g/mol. The van der Waals surface area contributed by atoms with Gasteiger partial charge in [0.1, 0.15) is 5.01 Å². The Morgan fingerprint density at radius 1 is 1.26 bits per heavy atom. The number of nitrogens with two attached hydrogens (primary N) is 1. The highest BCUT2D eigenvalue weighted by Crippen LogP contribution is 2.40. The zero-order valence-corrected chi connectivity index (χ0v) is 11.2. The quantitative estimate of drug-likeness (QED) is 0.868. The standard InChI is InChI=1S/C14H14N2O2S/c15-9-2-1-3-12-13(9)16-14(19-12)8-4-5-10-11(6-8)18-7-17-10/h4-6,9H,1-3,7,15H2. The Hall–Kier alpha value is -1.59. The zero-order valence-electron chi connectivity index (χ0n) is 10.4. The van der Waals surface area contributed by atoms with Gasteiger partial charge in [-0.2, -0.15) is 0 Å². The van der Waals surface area contributed by atoms with Crippen LogP contribution in [0.15, 0.2) is 18.2 Å². The summed E-state index contributed by atoms with van der Waals surface area (Å²) in [5.41, 5.74) is 8.29. The van der Waals surface area contributed by atoms with Gasteiger partial charge in [-0.05, 0) is 37.5 Å². The molecule has 0 radical (unpaired) electrons. The average Bonchev–Trinajstić information content (AvgIpc) is 3.04. The third kappa shape index (κ3) is 1.81. The van der Waals surface area contributed by atoms with Crippen molar-refractivity contribution in [3.8, 4) is 22.1 Å². The molecular formula is C14H14N2O2S. The van der Waals surface area contributed by atoms with Crippen LogP contribution in [0.25, 0.3) is 10.6 Å². The molecule has 1 unspecified atom stereocenters. The largest absolute Gasteiger partial charge is 0.454 e. The van der Waals surface area contributed by atoms with Crippen molar-refractivity contribution in [2.75, 3.05) is 6.79 Å². The Morgan fingerprint density at radius 3 is 3.05 bits per heavy atom. The molecule has 1 aliphatic carbocycles. The molecule has 2 N–H and O–H groups in total. The Morgan fingerprint density at radius 2 is 2.16 bits per heavy atom. The van der Waals surface area contributed by atoms with Crippen LogP contribution in [0.2, 0.25) is 0 Å². The maximum Gasteiger partial charge on any atom is 0.231 e. The summed E-state index contributed by atoms with van der Waals surface area (Å²) in [6.07, 6.45) is 3.31. The predicted molar refractivity (Wildman–Crippen MR) is 73.5 cm³/mol. The molecule has 0 spiro atoms. The summed E-state index contributed by atoms with van der Waals surface area (Å²) in [4.78, 5) is 6.06. The highest BCUT2D eigenvalue weighted by molar-refractivity contribution is 7.15. The predicted octanol–water partition coefficient (Wildman–Crippen LogP) is 2.87. The van der Waals surface area contributed by atoms with Crippen LogP contribution in [-0.2, 0) is 6.42 Å². The molecule has 4 rings (SSSR count). The molecule has 1 aromatic carbocycles. The van der Waals surface area contributed by atoms with E-state index in [0.29, 0.717) is 6.79 Å². The van der Waals surface area contributed by atoms with E-state index >= 15 is 0 Å². The van der Waals surface area contributed by atoms with E-state index in [1.165, 1.54) is 4.88 Å². The van der Waals surface area contributed by atoms with E-state index in [1.807, 2.05) is 18.2 Å². The number of fused-ring (bicyclic) bond motifs is 2. The van der Waals surface area contributed by atoms with Gasteiger partial charge in [0, 0.05) is 16.5 Å². The third-order valence-electron chi connectivity index (χ3n) is 3.62. The number of aromatic nitrogens is 1. The summed E-state index contributed by atoms with van der Waals surface area (Å²) in [7, 11) is 0. The second-order valence-electron chi connectivity index (χ2n) is 4.89. The molecule has 1 aliphatic heterocycles. The summed E-state index contributed by atoms with van der Waals surface area (Å²) >= 11 is 1.75. The summed E-state index contributed by atoms with van der Waals surface area (Å²) in [5, 5.41) is 1.03. The fraction of sp³-hybridized carbons (Fsp3) is 0.357. The molecule has 1 atom stereocenters. The molecule has 0 amide bonds. The number of ether oxygens (including phenoxy) is 2. The van der Waals surface area contributed by atoms with Crippen LogP contribution in [0.4, 0.5) is 0 Å². The molecule has 2 aromatic rings. The third-order valence-corrected chi connectivity index (χ3v) is 4.80. The lowest BCUT2D eigenvalue weighted by molar-refractivity contribution is 0.174. The van der Waals surface area contributed by atoms with Crippen LogP contribution in [0.3, 0.4) is 0 Å². The highest BCUT2D eigenvalue weighted by Gasteiger charge is 2.23. The van der Waals surface area contributed by atoms with E-state index in [2.05, 4.69) is 0 Å². The summed E-state index contributed by atoms with van der Waals surface area (Å²) < 4.78 is 10.7. The Bertz CT molecular complexity index is 638. The lowest BCUT2D eigenvalue weighted by Gasteiger charge is -2.15. The molecule has 2 heterocycles. The maximum atomic E-state index is 6.13. The van der Waals surface area contributed by atoms with Crippen LogP contribution in [0.1, 0.15) is 29.5 Å². The van der Waals surface area contributed by atoms with Gasteiger partial charge < -0.3 is 15.2 Å². The second kappa shape index (κ2) is 4.21. The van der Waals surface area contributed by atoms with Gasteiger partial charge in [-0.1, -0.05) is 0 Å². The minimum Gasteiger partial charge on any atom is -0.454 e. The SMILES string of the molecule is NC1CCCc2sc(-c3ccc4c(c3)OCO4)nc21. The number of aryl methyl sites for hydroxylation is 1. The Labute approximate surface area is 115 Å². The Balaban J connectivity index is 1.76. The van der Waals surface area contributed by atoms with Crippen LogP contribution >= 0.6 is 11.3 Å². The van der Waals surface area contributed by atoms with Gasteiger partial charge >= 0.3 is 0 Å². The minimum atomic E-state index is 0.0998. The summed E-state index contributed by atoms with van der Waals surface area (Å²) in [6.45, 7) is 0.304. The summed E-state index contributed by atoms with van der Waals surface area (Å²) in [5.74, 6) is 1.61. The number of rotatable bonds is 1. The molecule has 1 aromatic heterocycles. The molecule has 4 nitrogen and oxygen atoms in total. The van der Waals surface area contributed by atoms with Crippen LogP contribution < -0.4 is 15.2 Å². The van der Waals surface area contributed by atoms with Crippen LogP contribution in [0.5, 0.6) is 11.5 Å². The van der Waals surface area contributed by atoms with Crippen molar-refractivity contribution in [1.29, 1.82) is 0 Å². The average molecular weight is 274 g/mol. The smallest absolute Gasteiger partial charge is 0.231 e. The summed E-state index contributed by atoms with van der Waals surface area (Å²) in [6, 6.07) is 6.07. The first kappa shape index (κ1) is 11.3. The van der Waals surface area contributed by atoms with E-state index < -0.39 is 0 Å². The zero-order chi connectivity index (χ0) is 12.8. The van der Waals surface area contributed by atoms with Gasteiger partial charge in [0.2, 0.25) is 6.79 Å². The van der Waals surface area contributed by atoms with E-state index in [-0.39, 0.29) is 6.04 Å².